The Balaban J connectivity index is 1.55. The Labute approximate surface area is 295 Å². The standard InChI is InChI=1S/C41H43N3O5S/c1-30(2)42-41(46)39(27-33-11-7-5-8-12-33)43(28-34-19-15-31(3)16-20-34)40(45)29-44(50(47,48)38-25-17-32(4)18-26-38)35-21-23-37(24-22-35)49-36-13-9-6-10-14-36/h5-26,30,39H,27-29H2,1-4H3,(H,42,46). The summed E-state index contributed by atoms with van der Waals surface area (Å²) >= 11 is 0. The number of hydrogen-bond acceptors (Lipinski definition) is 5. The van der Waals surface area contributed by atoms with Crippen LogP contribution in [0.1, 0.15) is 36.1 Å². The van der Waals surface area contributed by atoms with E-state index in [1.54, 1.807) is 36.4 Å². The number of carbonyl (C=O) groups excluding carboxylic acids is 2. The van der Waals surface area contributed by atoms with Gasteiger partial charge in [-0.3, -0.25) is 13.9 Å². The molecule has 2 amide bonds. The molecule has 0 saturated carbocycles. The second-order valence-electron chi connectivity index (χ2n) is 12.6. The van der Waals surface area contributed by atoms with Gasteiger partial charge in [0.2, 0.25) is 11.8 Å². The van der Waals surface area contributed by atoms with E-state index >= 15 is 0 Å². The Morgan fingerprint density at radius 1 is 0.680 bits per heavy atom. The van der Waals surface area contributed by atoms with Gasteiger partial charge in [-0.25, -0.2) is 8.42 Å². The fraction of sp³-hybridized carbons (Fsp3) is 0.220. The highest BCUT2D eigenvalue weighted by atomic mass is 32.2. The van der Waals surface area contributed by atoms with Gasteiger partial charge in [-0.2, -0.15) is 0 Å². The molecule has 0 heterocycles. The van der Waals surface area contributed by atoms with Crippen molar-refractivity contribution in [3.8, 4) is 11.5 Å². The van der Waals surface area contributed by atoms with Crippen LogP contribution < -0.4 is 14.4 Å². The van der Waals surface area contributed by atoms with Gasteiger partial charge in [0, 0.05) is 19.0 Å². The van der Waals surface area contributed by atoms with Crippen molar-refractivity contribution in [3.05, 3.63) is 156 Å². The van der Waals surface area contributed by atoms with Crippen LogP contribution in [0.3, 0.4) is 0 Å². The van der Waals surface area contributed by atoms with E-state index in [0.717, 1.165) is 26.6 Å². The molecule has 5 aromatic rings. The van der Waals surface area contributed by atoms with E-state index in [1.807, 2.05) is 113 Å². The molecule has 0 spiro atoms. The van der Waals surface area contributed by atoms with Crippen molar-refractivity contribution < 1.29 is 22.7 Å². The molecular formula is C41H43N3O5S. The summed E-state index contributed by atoms with van der Waals surface area (Å²) in [6, 6.07) is 38.5. The quantitative estimate of drug-likeness (QED) is 0.131. The molecule has 0 aliphatic rings. The van der Waals surface area contributed by atoms with Gasteiger partial charge >= 0.3 is 0 Å². The van der Waals surface area contributed by atoms with Crippen LogP contribution >= 0.6 is 0 Å². The molecule has 9 heteroatoms. The van der Waals surface area contributed by atoms with Crippen LogP contribution in [0.4, 0.5) is 5.69 Å². The number of rotatable bonds is 14. The lowest BCUT2D eigenvalue weighted by Crippen LogP contribution is -2.54. The minimum Gasteiger partial charge on any atom is -0.457 e. The normalized spacial score (nSPS) is 11.9. The van der Waals surface area contributed by atoms with Gasteiger partial charge in [0.25, 0.3) is 10.0 Å². The fourth-order valence-corrected chi connectivity index (χ4v) is 6.91. The average molecular weight is 690 g/mol. The number of nitrogens with zero attached hydrogens (tertiary/aromatic N) is 2. The van der Waals surface area contributed by atoms with Gasteiger partial charge in [0.15, 0.2) is 0 Å². The molecule has 5 aromatic carbocycles. The van der Waals surface area contributed by atoms with Gasteiger partial charge in [-0.05, 0) is 87.4 Å². The molecule has 1 unspecified atom stereocenters. The molecule has 0 aliphatic carbocycles. The maximum atomic E-state index is 14.7. The second kappa shape index (κ2) is 16.3. The Morgan fingerprint density at radius 2 is 1.22 bits per heavy atom. The third-order valence-corrected chi connectivity index (χ3v) is 9.96. The summed E-state index contributed by atoms with van der Waals surface area (Å²) in [5.74, 6) is 0.300. The summed E-state index contributed by atoms with van der Waals surface area (Å²) in [6.07, 6.45) is 0.243. The first-order valence-electron chi connectivity index (χ1n) is 16.6. The maximum absolute atomic E-state index is 14.7. The number of nitrogens with one attached hydrogen (secondary N) is 1. The summed E-state index contributed by atoms with van der Waals surface area (Å²) < 4.78 is 35.8. The lowest BCUT2D eigenvalue weighted by atomic mass is 10.0. The molecule has 0 bridgehead atoms. The number of hydrogen-bond donors (Lipinski definition) is 1. The Hall–Kier alpha value is -5.41. The predicted octanol–water partition coefficient (Wildman–Crippen LogP) is 7.46. The highest BCUT2D eigenvalue weighted by Gasteiger charge is 2.35. The second-order valence-corrected chi connectivity index (χ2v) is 14.5. The molecule has 258 valence electrons. The minimum atomic E-state index is -4.23. The smallest absolute Gasteiger partial charge is 0.264 e. The van der Waals surface area contributed by atoms with E-state index in [9.17, 15) is 18.0 Å². The van der Waals surface area contributed by atoms with Crippen LogP contribution in [0.15, 0.2) is 138 Å². The molecule has 8 nitrogen and oxygen atoms in total. The topological polar surface area (TPSA) is 96.0 Å². The van der Waals surface area contributed by atoms with Crippen LogP contribution in [0.5, 0.6) is 11.5 Å². The van der Waals surface area contributed by atoms with E-state index in [-0.39, 0.29) is 35.5 Å². The van der Waals surface area contributed by atoms with E-state index in [2.05, 4.69) is 5.32 Å². The molecule has 0 aromatic heterocycles. The lowest BCUT2D eigenvalue weighted by molar-refractivity contribution is -0.140. The van der Waals surface area contributed by atoms with Crippen LogP contribution in [0.2, 0.25) is 0 Å². The Morgan fingerprint density at radius 3 is 1.80 bits per heavy atom. The Kier molecular flexibility index (Phi) is 11.7. The fourth-order valence-electron chi connectivity index (χ4n) is 5.50. The number of ether oxygens (including phenoxy) is 1. The number of anilines is 1. The summed E-state index contributed by atoms with van der Waals surface area (Å²) in [5.41, 5.74) is 3.92. The van der Waals surface area contributed by atoms with Crippen molar-refractivity contribution >= 4 is 27.5 Å². The minimum absolute atomic E-state index is 0.0454. The molecule has 0 saturated heterocycles. The van der Waals surface area contributed by atoms with E-state index < -0.39 is 28.5 Å². The molecule has 0 aliphatic heterocycles. The number of carbonyl (C=O) groups is 2. The Bertz CT molecular complexity index is 1970. The zero-order valence-electron chi connectivity index (χ0n) is 28.8. The van der Waals surface area contributed by atoms with E-state index in [4.69, 9.17) is 4.74 Å². The SMILES string of the molecule is Cc1ccc(CN(C(=O)CN(c2ccc(Oc3ccccc3)cc2)S(=O)(=O)c2ccc(C)cc2)C(Cc2ccccc2)C(=O)NC(C)C)cc1. The molecule has 0 fully saturated rings. The zero-order valence-corrected chi connectivity index (χ0v) is 29.6. The van der Waals surface area contributed by atoms with Crippen molar-refractivity contribution in [2.45, 2.75) is 57.6 Å². The van der Waals surface area contributed by atoms with Gasteiger partial charge in [0.05, 0.1) is 10.6 Å². The van der Waals surface area contributed by atoms with Crippen LogP contribution in [-0.2, 0) is 32.6 Å². The van der Waals surface area contributed by atoms with Crippen molar-refractivity contribution in [3.63, 3.8) is 0 Å². The number of para-hydroxylation sites is 1. The van der Waals surface area contributed by atoms with Gasteiger partial charge in [-0.15, -0.1) is 0 Å². The summed E-state index contributed by atoms with van der Waals surface area (Å²) in [5, 5.41) is 2.99. The summed E-state index contributed by atoms with van der Waals surface area (Å²) in [6.45, 7) is 7.15. The molecule has 0 radical (unpaired) electrons. The van der Waals surface area contributed by atoms with Crippen LogP contribution in [0.25, 0.3) is 0 Å². The largest absolute Gasteiger partial charge is 0.457 e. The molecule has 1 N–H and O–H groups in total. The number of aryl methyl sites for hydroxylation is 2. The molecule has 5 rings (SSSR count). The van der Waals surface area contributed by atoms with Crippen LogP contribution in [-0.4, -0.2) is 43.8 Å². The molecule has 1 atom stereocenters. The average Bonchev–Trinajstić information content (AvgIpc) is 3.10. The highest BCUT2D eigenvalue weighted by Crippen LogP contribution is 2.29. The third-order valence-electron chi connectivity index (χ3n) is 8.17. The van der Waals surface area contributed by atoms with Crippen molar-refractivity contribution in [1.29, 1.82) is 0 Å². The van der Waals surface area contributed by atoms with Gasteiger partial charge < -0.3 is 15.0 Å². The molecule has 50 heavy (non-hydrogen) atoms. The van der Waals surface area contributed by atoms with Crippen LogP contribution in [0, 0.1) is 13.8 Å². The zero-order chi connectivity index (χ0) is 35.7. The molecular weight excluding hydrogens is 647 g/mol. The summed E-state index contributed by atoms with van der Waals surface area (Å²) in [4.78, 5) is 30.1. The van der Waals surface area contributed by atoms with E-state index in [0.29, 0.717) is 11.5 Å². The lowest BCUT2D eigenvalue weighted by Gasteiger charge is -2.34. The predicted molar refractivity (Wildman–Crippen MR) is 198 cm³/mol. The first kappa shape index (κ1) is 35.9. The van der Waals surface area contributed by atoms with E-state index in [1.165, 1.54) is 17.0 Å². The summed E-state index contributed by atoms with van der Waals surface area (Å²) in [7, 11) is -4.23. The van der Waals surface area contributed by atoms with Gasteiger partial charge in [0.1, 0.15) is 24.1 Å². The first-order valence-corrected chi connectivity index (χ1v) is 18.1. The number of sulfonamides is 1. The third kappa shape index (κ3) is 9.39. The monoisotopic (exact) mass is 689 g/mol. The first-order chi connectivity index (χ1) is 24.0. The van der Waals surface area contributed by atoms with Crippen molar-refractivity contribution in [2.24, 2.45) is 0 Å². The van der Waals surface area contributed by atoms with Crippen molar-refractivity contribution in [1.82, 2.24) is 10.2 Å². The number of amides is 2. The number of benzene rings is 5. The van der Waals surface area contributed by atoms with Gasteiger partial charge in [-0.1, -0.05) is 96.1 Å². The van der Waals surface area contributed by atoms with Crippen molar-refractivity contribution in [2.75, 3.05) is 10.8 Å². The maximum Gasteiger partial charge on any atom is 0.264 e. The highest BCUT2D eigenvalue weighted by molar-refractivity contribution is 7.92.